The van der Waals surface area contributed by atoms with Crippen LogP contribution < -0.4 is 21.9 Å². The minimum atomic E-state index is -1.20. The molecule has 0 amide bonds. The van der Waals surface area contributed by atoms with E-state index in [1.54, 1.807) is 7.11 Å². The number of furan rings is 1. The number of methoxy groups -OCH3 is 1. The van der Waals surface area contributed by atoms with Crippen molar-refractivity contribution in [1.29, 1.82) is 0 Å². The maximum absolute atomic E-state index is 6.91. The first kappa shape index (κ1) is 46.9. The number of allylic oxidation sites excluding steroid dienone is 3. The molecule has 281 valence electrons. The molecule has 1 heterocycles. The molecule has 1 aliphatic rings. The van der Waals surface area contributed by atoms with E-state index in [2.05, 4.69) is 53.3 Å². The second kappa shape index (κ2) is 18.0. The van der Waals surface area contributed by atoms with Gasteiger partial charge in [0, 0.05) is 7.11 Å². The summed E-state index contributed by atoms with van der Waals surface area (Å²) in [4.78, 5) is 0. The quantitative estimate of drug-likeness (QED) is 0.165. The summed E-state index contributed by atoms with van der Waals surface area (Å²) >= 11 is 0. The van der Waals surface area contributed by atoms with Crippen molar-refractivity contribution in [3.63, 3.8) is 0 Å². The number of ether oxygens (including phenoxy) is 1. The number of para-hydroxylation sites is 2. The van der Waals surface area contributed by atoms with E-state index in [1.807, 2.05) is 93.6 Å². The van der Waals surface area contributed by atoms with Crippen LogP contribution in [0.15, 0.2) is 112 Å². The Kier molecular flexibility index (Phi) is 14.1. The molecule has 2 unspecified atom stereocenters. The number of hydrogen-bond acceptors (Lipinski definition) is 2. The first-order chi connectivity index (χ1) is 28.3. The Bertz CT molecular complexity index is 2630. The molecule has 0 spiro atoms. The van der Waals surface area contributed by atoms with Crippen molar-refractivity contribution in [2.75, 3.05) is 7.11 Å². The zero-order chi connectivity index (χ0) is 44.6. The van der Waals surface area contributed by atoms with Gasteiger partial charge in [-0.05, 0) is 26.2 Å². The normalized spacial score (nSPS) is 15.5. The van der Waals surface area contributed by atoms with Crippen LogP contribution in [-0.2, 0) is 10.2 Å². The number of hydrogen-bond donors (Lipinski definition) is 0. The fourth-order valence-corrected chi connectivity index (χ4v) is 7.73. The second-order valence-electron chi connectivity index (χ2n) is 16.6. The van der Waals surface area contributed by atoms with E-state index in [-0.39, 0.29) is 50.1 Å². The molecule has 6 aromatic rings. The van der Waals surface area contributed by atoms with Gasteiger partial charge in [0.25, 0.3) is 0 Å². The molecule has 0 saturated heterocycles. The van der Waals surface area contributed by atoms with Gasteiger partial charge in [-0.2, -0.15) is 0 Å². The average molecular weight is 764 g/mol. The van der Waals surface area contributed by atoms with Crippen LogP contribution in [-0.4, -0.2) is 88.4 Å². The average Bonchev–Trinajstić information content (AvgIpc) is 3.80. The summed E-state index contributed by atoms with van der Waals surface area (Å²) in [5, 5.41) is 2.11. The van der Waals surface area contributed by atoms with Crippen molar-refractivity contribution in [3.8, 4) is 22.3 Å². The molecule has 17 radical (unpaired) electrons. The Morgan fingerprint density at radius 2 is 1.30 bits per heavy atom. The zero-order valence-electron chi connectivity index (χ0n) is 36.6. The van der Waals surface area contributed by atoms with Gasteiger partial charge in [0.05, 0.1) is 5.60 Å². The van der Waals surface area contributed by atoms with Crippen molar-refractivity contribution in [1.82, 2.24) is 0 Å². The van der Waals surface area contributed by atoms with Crippen LogP contribution in [0.5, 0.6) is 0 Å². The summed E-state index contributed by atoms with van der Waals surface area (Å²) < 4.78 is 11.8. The Morgan fingerprint density at radius 1 is 0.750 bits per heavy atom. The molecule has 0 N–H and O–H groups in total. The van der Waals surface area contributed by atoms with Gasteiger partial charge in [-0.15, -0.1) is 0 Å². The van der Waals surface area contributed by atoms with Crippen LogP contribution in [0.2, 0.25) is 12.1 Å². The predicted octanol–water partition coefficient (Wildman–Crippen LogP) is 6.52. The Labute approximate surface area is 370 Å². The summed E-state index contributed by atoms with van der Waals surface area (Å²) in [7, 11) is 60.2. The molecule has 2 atom stereocenters. The zero-order valence-corrected chi connectivity index (χ0v) is 36.6. The molecule has 1 aromatic heterocycles. The van der Waals surface area contributed by atoms with E-state index >= 15 is 0 Å². The van der Waals surface area contributed by atoms with Crippen LogP contribution in [0.1, 0.15) is 70.7 Å². The predicted molar refractivity (Wildman–Crippen MR) is 268 cm³/mol. The van der Waals surface area contributed by atoms with Gasteiger partial charge in [0.15, 0.2) is 0 Å². The van der Waals surface area contributed by atoms with Crippen molar-refractivity contribution < 1.29 is 9.15 Å². The molecule has 5 aromatic carbocycles. The third-order valence-corrected chi connectivity index (χ3v) is 12.4. The van der Waals surface area contributed by atoms with E-state index in [1.165, 1.54) is 0 Å². The molecule has 11 heteroatoms. The SMILES string of the molecule is CC.COC(C)(C)C(C)(C)C.[B]C/C([B])=C(/[B])C([B])C(=[B])C(=C)C1(c2ccc(-c3cccc4c3oc3c(C)cccc34)cc2)c2ccccc2-c2c([B])c([B])c([B])c([B])c21. The molecule has 0 fully saturated rings. The molecule has 2 nitrogen and oxygen atoms in total. The van der Waals surface area contributed by atoms with Gasteiger partial charge in [-0.1, -0.05) is 46.8 Å². The van der Waals surface area contributed by atoms with E-state index in [9.17, 15) is 0 Å². The molecule has 7 rings (SSSR count). The Balaban J connectivity index is 0.000000552. The van der Waals surface area contributed by atoms with E-state index < -0.39 is 11.2 Å². The number of fused-ring (bicyclic) bond motifs is 6. The molecular formula is C49H46B9O2. The van der Waals surface area contributed by atoms with Gasteiger partial charge in [-0.3, -0.25) is 0 Å². The third kappa shape index (κ3) is 7.78. The monoisotopic (exact) mass is 765 g/mol. The number of aryl methyl sites for hydroxylation is 1. The second-order valence-corrected chi connectivity index (χ2v) is 16.6. The summed E-state index contributed by atoms with van der Waals surface area (Å²) in [6, 6.07) is 28.2. The minimum absolute atomic E-state index is 0.00834. The van der Waals surface area contributed by atoms with Gasteiger partial charge in [0.2, 0.25) is 0 Å². The Hall–Kier alpha value is -4.21. The molecule has 1 aliphatic carbocycles. The van der Waals surface area contributed by atoms with Crippen molar-refractivity contribution in [2.24, 2.45) is 5.41 Å². The molecule has 0 saturated carbocycles. The first-order valence-electron chi connectivity index (χ1n) is 20.2. The third-order valence-electron chi connectivity index (χ3n) is 12.4. The van der Waals surface area contributed by atoms with Gasteiger partial charge >= 0.3 is 282 Å². The van der Waals surface area contributed by atoms with Crippen LogP contribution in [0.25, 0.3) is 44.2 Å². The molecule has 0 bridgehead atoms. The van der Waals surface area contributed by atoms with Crippen LogP contribution in [0.4, 0.5) is 0 Å². The van der Waals surface area contributed by atoms with Gasteiger partial charge in [-0.25, -0.2) is 0 Å². The van der Waals surface area contributed by atoms with Crippen LogP contribution in [0.3, 0.4) is 0 Å². The van der Waals surface area contributed by atoms with Crippen molar-refractivity contribution in [2.45, 2.75) is 78.5 Å². The summed E-state index contributed by atoms with van der Waals surface area (Å²) in [5.74, 6) is -0.998. The standard InChI is InChI=1S/C39H22B9O.C8H18O.C2H6/c1-18-7-5-10-23-24-11-6-9-22(38(24)49-37(18)23)20-13-15-21(16-14-20)39(19(2)30(42)34(46)31(43)27(41)17-40)26-12-4-3-8-25(26)28-29(39)33(45)36(48)35(47)32(28)44;1-7(2,3)8(4,5)9-6;1-2/h3-16,34H,2,17H2,1H3;1-6H3;1-2H3/b31-27-;;. The first-order valence-corrected chi connectivity index (χ1v) is 20.2. The van der Waals surface area contributed by atoms with Crippen molar-refractivity contribution >= 4 is 120 Å². The van der Waals surface area contributed by atoms with Crippen molar-refractivity contribution in [3.05, 3.63) is 130 Å². The van der Waals surface area contributed by atoms with Crippen LogP contribution >= 0.6 is 0 Å². The molecule has 60 heavy (non-hydrogen) atoms. The van der Waals surface area contributed by atoms with Gasteiger partial charge < -0.3 is 4.74 Å². The fourth-order valence-electron chi connectivity index (χ4n) is 7.73. The summed E-state index contributed by atoms with van der Waals surface area (Å²) in [5.41, 5.74) is 9.25. The fraction of sp³-hybridized carbons (Fsp3) is 0.286. The summed E-state index contributed by atoms with van der Waals surface area (Å²) in [6.07, 6.45) is 0.00834. The van der Waals surface area contributed by atoms with E-state index in [4.69, 9.17) is 79.4 Å². The van der Waals surface area contributed by atoms with Gasteiger partial charge in [0.1, 0.15) is 0 Å². The van der Waals surface area contributed by atoms with E-state index in [0.717, 1.165) is 55.3 Å². The maximum atomic E-state index is 6.91. The molecular weight excluding hydrogens is 718 g/mol. The number of benzene rings is 5. The topological polar surface area (TPSA) is 22.4 Å². The number of rotatable bonds is 8. The molecule has 0 aliphatic heterocycles. The Morgan fingerprint density at radius 3 is 1.87 bits per heavy atom. The summed E-state index contributed by atoms with van der Waals surface area (Å²) in [6.45, 7) is 21.4. The van der Waals surface area contributed by atoms with E-state index in [0.29, 0.717) is 22.2 Å². The van der Waals surface area contributed by atoms with Crippen LogP contribution in [0, 0.1) is 12.3 Å².